The van der Waals surface area contributed by atoms with Crippen LogP contribution in [0.2, 0.25) is 0 Å². The van der Waals surface area contributed by atoms with Gasteiger partial charge in [-0.15, -0.1) is 0 Å². The lowest BCUT2D eigenvalue weighted by atomic mass is 10.1. The Morgan fingerprint density at radius 1 is 1.18 bits per heavy atom. The van der Waals surface area contributed by atoms with E-state index in [9.17, 15) is 13.2 Å². The van der Waals surface area contributed by atoms with E-state index in [2.05, 4.69) is 0 Å². The van der Waals surface area contributed by atoms with Gasteiger partial charge in [-0.2, -0.15) is 13.2 Å². The Hall–Kier alpha value is -1.23. The van der Waals surface area contributed by atoms with Crippen molar-refractivity contribution in [1.29, 1.82) is 0 Å². The van der Waals surface area contributed by atoms with Crippen molar-refractivity contribution < 1.29 is 23.0 Å². The van der Waals surface area contributed by atoms with E-state index in [0.717, 1.165) is 0 Å². The third-order valence-corrected chi connectivity index (χ3v) is 2.16. The van der Waals surface area contributed by atoms with E-state index < -0.39 is 18.7 Å². The van der Waals surface area contributed by atoms with Gasteiger partial charge in [0.2, 0.25) is 0 Å². The van der Waals surface area contributed by atoms with Gasteiger partial charge in [-0.05, 0) is 25.0 Å². The molecule has 1 aromatic rings. The number of halogens is 3. The van der Waals surface area contributed by atoms with E-state index in [0.29, 0.717) is 18.8 Å². The molecule has 0 spiro atoms. The van der Waals surface area contributed by atoms with Gasteiger partial charge in [0.25, 0.3) is 0 Å². The molecule has 0 radical (unpaired) electrons. The minimum absolute atomic E-state index is 0.0896. The monoisotopic (exact) mass is 248 g/mol. The second-order valence-corrected chi connectivity index (χ2v) is 3.78. The molecule has 0 fully saturated rings. The Balaban J connectivity index is 2.12. The van der Waals surface area contributed by atoms with Crippen molar-refractivity contribution in [3.63, 3.8) is 0 Å². The molecule has 0 saturated carbocycles. The van der Waals surface area contributed by atoms with Gasteiger partial charge in [0.1, 0.15) is 5.75 Å². The second-order valence-electron chi connectivity index (χ2n) is 3.78. The highest BCUT2D eigenvalue weighted by atomic mass is 19.4. The average Bonchev–Trinajstić information content (AvgIpc) is 2.23. The van der Waals surface area contributed by atoms with Gasteiger partial charge in [0.15, 0.2) is 0 Å². The van der Waals surface area contributed by atoms with Gasteiger partial charge >= 0.3 is 6.18 Å². The predicted molar refractivity (Wildman–Crippen MR) is 57.8 cm³/mol. The first-order chi connectivity index (χ1) is 7.97. The first-order valence-electron chi connectivity index (χ1n) is 5.40. The molecule has 1 unspecified atom stereocenters. The zero-order valence-corrected chi connectivity index (χ0v) is 9.28. The number of hydrogen-bond acceptors (Lipinski definition) is 2. The normalized spacial score (nSPS) is 13.4. The molecule has 0 aliphatic heterocycles. The standard InChI is InChI=1S/C12H15F3O2/c13-12(14,15)9-10(16)5-4-8-17-11-6-2-1-3-7-11/h1-3,6-7,10,16H,4-5,8-9H2. The van der Waals surface area contributed by atoms with Crippen molar-refractivity contribution >= 4 is 0 Å². The van der Waals surface area contributed by atoms with Crippen LogP contribution in [-0.4, -0.2) is 24.0 Å². The predicted octanol–water partition coefficient (Wildman–Crippen LogP) is 3.16. The zero-order valence-electron chi connectivity index (χ0n) is 9.28. The number of alkyl halides is 3. The molecule has 0 aromatic heterocycles. The van der Waals surface area contributed by atoms with E-state index >= 15 is 0 Å². The Bertz CT molecular complexity index is 311. The number of hydrogen-bond donors (Lipinski definition) is 1. The number of aliphatic hydroxyl groups excluding tert-OH is 1. The summed E-state index contributed by atoms with van der Waals surface area (Å²) in [5.41, 5.74) is 0. The molecule has 0 amide bonds. The van der Waals surface area contributed by atoms with Gasteiger partial charge in [-0.3, -0.25) is 0 Å². The van der Waals surface area contributed by atoms with Gasteiger partial charge < -0.3 is 9.84 Å². The number of benzene rings is 1. The lowest BCUT2D eigenvalue weighted by molar-refractivity contribution is -0.154. The molecule has 1 atom stereocenters. The van der Waals surface area contributed by atoms with Gasteiger partial charge in [0, 0.05) is 0 Å². The average molecular weight is 248 g/mol. The van der Waals surface area contributed by atoms with Crippen molar-refractivity contribution in [3.05, 3.63) is 30.3 Å². The molecule has 0 bridgehead atoms. The second kappa shape index (κ2) is 6.49. The van der Waals surface area contributed by atoms with Crippen LogP contribution in [0.3, 0.4) is 0 Å². The summed E-state index contributed by atoms with van der Waals surface area (Å²) in [5, 5.41) is 9.11. The van der Waals surface area contributed by atoms with E-state index in [-0.39, 0.29) is 6.42 Å². The molecular weight excluding hydrogens is 233 g/mol. The quantitative estimate of drug-likeness (QED) is 0.783. The van der Waals surface area contributed by atoms with Crippen LogP contribution >= 0.6 is 0 Å². The lowest BCUT2D eigenvalue weighted by Crippen LogP contribution is -2.19. The first kappa shape index (κ1) is 13.8. The van der Waals surface area contributed by atoms with E-state index in [1.165, 1.54) is 0 Å². The highest BCUT2D eigenvalue weighted by Gasteiger charge is 2.30. The number of aliphatic hydroxyl groups is 1. The van der Waals surface area contributed by atoms with Crippen molar-refractivity contribution in [2.45, 2.75) is 31.5 Å². The maximum atomic E-state index is 11.9. The summed E-state index contributed by atoms with van der Waals surface area (Å²) in [6.45, 7) is 0.304. The topological polar surface area (TPSA) is 29.5 Å². The zero-order chi connectivity index (χ0) is 12.7. The minimum Gasteiger partial charge on any atom is -0.494 e. The van der Waals surface area contributed by atoms with Crippen molar-refractivity contribution in [3.8, 4) is 5.75 Å². The number of para-hydroxylation sites is 1. The van der Waals surface area contributed by atoms with Crippen LogP contribution in [0.5, 0.6) is 5.75 Å². The van der Waals surface area contributed by atoms with Crippen LogP contribution in [-0.2, 0) is 0 Å². The third kappa shape index (κ3) is 6.84. The van der Waals surface area contributed by atoms with E-state index in [1.54, 1.807) is 12.1 Å². The van der Waals surface area contributed by atoms with Crippen LogP contribution in [0, 0.1) is 0 Å². The summed E-state index contributed by atoms with van der Waals surface area (Å²) < 4.78 is 41.0. The molecule has 5 heteroatoms. The summed E-state index contributed by atoms with van der Waals surface area (Å²) in [4.78, 5) is 0. The molecule has 0 heterocycles. The van der Waals surface area contributed by atoms with Crippen LogP contribution in [0.15, 0.2) is 30.3 Å². The third-order valence-electron chi connectivity index (χ3n) is 2.16. The van der Waals surface area contributed by atoms with E-state index in [1.807, 2.05) is 18.2 Å². The maximum absolute atomic E-state index is 11.9. The number of rotatable bonds is 6. The number of ether oxygens (including phenoxy) is 1. The van der Waals surface area contributed by atoms with Gasteiger partial charge in [-0.25, -0.2) is 0 Å². The van der Waals surface area contributed by atoms with Crippen LogP contribution in [0.1, 0.15) is 19.3 Å². The molecule has 17 heavy (non-hydrogen) atoms. The highest BCUT2D eigenvalue weighted by molar-refractivity contribution is 5.20. The fourth-order valence-corrected chi connectivity index (χ4v) is 1.39. The Morgan fingerprint density at radius 3 is 2.41 bits per heavy atom. The van der Waals surface area contributed by atoms with Crippen LogP contribution in [0.25, 0.3) is 0 Å². The first-order valence-corrected chi connectivity index (χ1v) is 5.40. The summed E-state index contributed by atoms with van der Waals surface area (Å²) in [6, 6.07) is 9.01. The summed E-state index contributed by atoms with van der Waals surface area (Å²) >= 11 is 0. The van der Waals surface area contributed by atoms with E-state index in [4.69, 9.17) is 9.84 Å². The largest absolute Gasteiger partial charge is 0.494 e. The smallest absolute Gasteiger partial charge is 0.391 e. The summed E-state index contributed by atoms with van der Waals surface area (Å²) in [5.74, 6) is 0.679. The Kier molecular flexibility index (Phi) is 5.28. The fourth-order valence-electron chi connectivity index (χ4n) is 1.39. The molecule has 1 N–H and O–H groups in total. The summed E-state index contributed by atoms with van der Waals surface area (Å²) in [7, 11) is 0. The Labute approximate surface area is 98.0 Å². The van der Waals surface area contributed by atoms with Crippen LogP contribution < -0.4 is 4.74 Å². The molecule has 1 rings (SSSR count). The molecule has 96 valence electrons. The van der Waals surface area contributed by atoms with Crippen molar-refractivity contribution in [1.82, 2.24) is 0 Å². The van der Waals surface area contributed by atoms with Gasteiger partial charge in [-0.1, -0.05) is 18.2 Å². The maximum Gasteiger partial charge on any atom is 0.391 e. The molecule has 2 nitrogen and oxygen atoms in total. The summed E-state index contributed by atoms with van der Waals surface area (Å²) in [6.07, 6.45) is -6.31. The minimum atomic E-state index is -4.31. The highest BCUT2D eigenvalue weighted by Crippen LogP contribution is 2.23. The van der Waals surface area contributed by atoms with Gasteiger partial charge in [0.05, 0.1) is 19.1 Å². The van der Waals surface area contributed by atoms with Crippen molar-refractivity contribution in [2.24, 2.45) is 0 Å². The lowest BCUT2D eigenvalue weighted by Gasteiger charge is -2.13. The molecule has 0 saturated heterocycles. The van der Waals surface area contributed by atoms with Crippen LogP contribution in [0.4, 0.5) is 13.2 Å². The van der Waals surface area contributed by atoms with Crippen molar-refractivity contribution in [2.75, 3.05) is 6.61 Å². The molecule has 0 aliphatic rings. The molecule has 0 aliphatic carbocycles. The SMILES string of the molecule is OC(CCCOc1ccccc1)CC(F)(F)F. The fraction of sp³-hybridized carbons (Fsp3) is 0.500. The Morgan fingerprint density at radius 2 is 1.82 bits per heavy atom. The molecule has 1 aromatic carbocycles. The molecular formula is C12H15F3O2.